The molecule has 5 heterocycles. The number of cyclic esters (lactones) is 1. The Kier molecular flexibility index (Phi) is 11.8. The zero-order chi connectivity index (χ0) is 35.9. The predicted molar refractivity (Wildman–Crippen MR) is 194 cm³/mol. The third-order valence-corrected chi connectivity index (χ3v) is 9.80. The second-order valence-electron chi connectivity index (χ2n) is 12.3. The lowest BCUT2D eigenvalue weighted by Crippen LogP contribution is -2.44. The molecule has 6 rings (SSSR count). The van der Waals surface area contributed by atoms with Gasteiger partial charge in [-0.05, 0) is 37.1 Å². The lowest BCUT2D eigenvalue weighted by molar-refractivity contribution is -0.129. The van der Waals surface area contributed by atoms with Crippen LogP contribution in [-0.4, -0.2) is 89.2 Å². The second-order valence-corrected chi connectivity index (χ2v) is 13.0. The Balaban J connectivity index is 1.15. The van der Waals surface area contributed by atoms with Gasteiger partial charge < -0.3 is 35.2 Å². The lowest BCUT2D eigenvalue weighted by Gasteiger charge is -2.31. The number of hydrogen-bond acceptors (Lipinski definition) is 10. The first kappa shape index (κ1) is 36.2. The Morgan fingerprint density at radius 3 is 2.55 bits per heavy atom. The van der Waals surface area contributed by atoms with Crippen molar-refractivity contribution in [2.45, 2.75) is 38.9 Å². The fourth-order valence-electron chi connectivity index (χ4n) is 6.12. The summed E-state index contributed by atoms with van der Waals surface area (Å²) in [6.07, 6.45) is 4.50. The summed E-state index contributed by atoms with van der Waals surface area (Å²) in [5, 5.41) is 10.4. The van der Waals surface area contributed by atoms with Crippen LogP contribution in [0.5, 0.6) is 5.88 Å². The van der Waals surface area contributed by atoms with Crippen molar-refractivity contribution in [3.8, 4) is 28.4 Å². The largest absolute Gasteiger partial charge is 0.481 e. The molecule has 0 bridgehead atoms. The first-order valence-electron chi connectivity index (χ1n) is 16.7. The van der Waals surface area contributed by atoms with Gasteiger partial charge in [0, 0.05) is 86.9 Å². The van der Waals surface area contributed by atoms with Crippen LogP contribution in [-0.2, 0) is 22.6 Å². The monoisotopic (exact) mass is 736 g/mol. The van der Waals surface area contributed by atoms with Crippen molar-refractivity contribution in [1.82, 2.24) is 35.4 Å². The second kappa shape index (κ2) is 16.6. The van der Waals surface area contributed by atoms with Crippen molar-refractivity contribution in [2.75, 3.05) is 51.8 Å². The highest BCUT2D eigenvalue weighted by Gasteiger charge is 2.23. The zero-order valence-electron chi connectivity index (χ0n) is 28.3. The topological polar surface area (TPSA) is 134 Å². The number of likely N-dealkylation sites (tertiary alicyclic amines) is 1. The van der Waals surface area contributed by atoms with E-state index in [4.69, 9.17) is 37.7 Å². The molecule has 2 fully saturated rings. The third-order valence-electron chi connectivity index (χ3n) is 9.01. The number of anilines is 2. The summed E-state index contributed by atoms with van der Waals surface area (Å²) >= 11 is 13.9. The first-order valence-corrected chi connectivity index (χ1v) is 17.5. The molecule has 2 aliphatic rings. The van der Waals surface area contributed by atoms with E-state index in [1.807, 2.05) is 17.0 Å². The number of carbonyl (C=O) groups excluding carboxylic acids is 2. The van der Waals surface area contributed by atoms with E-state index in [2.05, 4.69) is 25.9 Å². The van der Waals surface area contributed by atoms with Crippen LogP contribution in [0.1, 0.15) is 30.9 Å². The molecule has 0 aliphatic carbocycles. The molecule has 3 N–H and O–H groups in total. The molecule has 0 spiro atoms. The highest BCUT2D eigenvalue weighted by atomic mass is 35.5. The third kappa shape index (κ3) is 8.50. The van der Waals surface area contributed by atoms with E-state index < -0.39 is 5.82 Å². The van der Waals surface area contributed by atoms with E-state index >= 15 is 4.39 Å². The van der Waals surface area contributed by atoms with Gasteiger partial charge in [-0.1, -0.05) is 41.4 Å². The molecule has 268 valence electrons. The molecular formula is C36H39Cl2FN8O4. The van der Waals surface area contributed by atoms with Gasteiger partial charge in [-0.2, -0.15) is 0 Å². The maximum atomic E-state index is 15.7. The van der Waals surface area contributed by atoms with Crippen LogP contribution in [0.2, 0.25) is 10.0 Å². The van der Waals surface area contributed by atoms with Crippen LogP contribution in [0.25, 0.3) is 22.5 Å². The van der Waals surface area contributed by atoms with E-state index in [1.165, 1.54) is 0 Å². The molecule has 1 aromatic carbocycles. The molecule has 4 aromatic rings. The molecule has 0 saturated carbocycles. The highest BCUT2D eigenvalue weighted by molar-refractivity contribution is 6.39. The van der Waals surface area contributed by atoms with Crippen LogP contribution in [0.3, 0.4) is 0 Å². The van der Waals surface area contributed by atoms with Crippen LogP contribution >= 0.6 is 23.2 Å². The smallest absolute Gasteiger partial charge is 0.409 e. The maximum Gasteiger partial charge on any atom is 0.409 e. The minimum Gasteiger partial charge on any atom is -0.481 e. The summed E-state index contributed by atoms with van der Waals surface area (Å²) in [6, 6.07) is 12.7. The van der Waals surface area contributed by atoms with Gasteiger partial charge in [-0.15, -0.1) is 0 Å². The number of hydrogen-bond donors (Lipinski definition) is 3. The highest BCUT2D eigenvalue weighted by Crippen LogP contribution is 2.41. The van der Waals surface area contributed by atoms with Crippen molar-refractivity contribution in [2.24, 2.45) is 0 Å². The number of piperidine rings is 1. The average Bonchev–Trinajstić information content (AvgIpc) is 3.55. The molecular weight excluding hydrogens is 698 g/mol. The standard InChI is InChI=1S/C36H39Cl2FN8O4/c1-22(48)46-15-10-25(11-16-46)43-21-23-8-12-42-34(32(23)39)44-29-5-3-4-27(30(29)37)33-31(38)26(9-13-41-33)28-7-6-24(35(45-28)50-2)20-40-14-17-47-18-19-51-36(47)49/h3-9,12-13,25,40,43H,10-11,14-21H2,1-2H3,(H,42,44). The van der Waals surface area contributed by atoms with E-state index in [1.54, 1.807) is 61.7 Å². The molecule has 0 atom stereocenters. The van der Waals surface area contributed by atoms with Gasteiger partial charge in [0.05, 0.1) is 40.8 Å². The van der Waals surface area contributed by atoms with Gasteiger partial charge in [0.15, 0.2) is 11.6 Å². The number of nitrogens with one attached hydrogen (secondary N) is 3. The van der Waals surface area contributed by atoms with Crippen molar-refractivity contribution in [3.05, 3.63) is 81.8 Å². The van der Waals surface area contributed by atoms with Crippen LogP contribution in [0, 0.1) is 5.82 Å². The van der Waals surface area contributed by atoms with Gasteiger partial charge in [0.2, 0.25) is 11.8 Å². The first-order chi connectivity index (χ1) is 24.7. The molecule has 3 aromatic heterocycles. The van der Waals surface area contributed by atoms with Crippen molar-refractivity contribution in [1.29, 1.82) is 0 Å². The number of benzene rings is 1. The molecule has 12 nitrogen and oxygen atoms in total. The number of halogens is 3. The number of amides is 2. The van der Waals surface area contributed by atoms with Gasteiger partial charge in [0.1, 0.15) is 6.61 Å². The minimum absolute atomic E-state index is 0.0389. The van der Waals surface area contributed by atoms with Gasteiger partial charge in [-0.25, -0.2) is 19.2 Å². The van der Waals surface area contributed by atoms with E-state index in [-0.39, 0.29) is 23.9 Å². The summed E-state index contributed by atoms with van der Waals surface area (Å²) in [5.74, 6) is 0.0640. The number of methoxy groups -OCH3 is 1. The summed E-state index contributed by atoms with van der Waals surface area (Å²) in [4.78, 5) is 40.3. The van der Waals surface area contributed by atoms with E-state index in [0.717, 1.165) is 18.4 Å². The van der Waals surface area contributed by atoms with Gasteiger partial charge >= 0.3 is 6.09 Å². The molecule has 51 heavy (non-hydrogen) atoms. The Labute approximate surface area is 305 Å². The van der Waals surface area contributed by atoms with Crippen molar-refractivity contribution < 1.29 is 23.5 Å². The van der Waals surface area contributed by atoms with Crippen molar-refractivity contribution >= 4 is 46.7 Å². The summed E-state index contributed by atoms with van der Waals surface area (Å²) in [7, 11) is 1.55. The lowest BCUT2D eigenvalue weighted by atomic mass is 10.0. The normalized spacial score (nSPS) is 14.9. The fraction of sp³-hybridized carbons (Fsp3) is 0.361. The molecule has 0 unspecified atom stereocenters. The fourth-order valence-corrected chi connectivity index (χ4v) is 6.70. The van der Waals surface area contributed by atoms with Gasteiger partial charge in [0.25, 0.3) is 0 Å². The molecule has 2 amide bonds. The molecule has 0 radical (unpaired) electrons. The van der Waals surface area contributed by atoms with E-state index in [0.29, 0.717) is 102 Å². The van der Waals surface area contributed by atoms with Gasteiger partial charge in [-0.3, -0.25) is 9.78 Å². The summed E-state index contributed by atoms with van der Waals surface area (Å²) in [6.45, 7) is 5.90. The number of rotatable bonds is 13. The Hall–Kier alpha value is -4.56. The number of carbonyl (C=O) groups is 2. The molecule has 2 aliphatic heterocycles. The molecule has 15 heteroatoms. The predicted octanol–water partition coefficient (Wildman–Crippen LogP) is 6.05. The number of ether oxygens (including phenoxy) is 2. The Morgan fingerprint density at radius 2 is 1.80 bits per heavy atom. The Bertz CT molecular complexity index is 1890. The summed E-state index contributed by atoms with van der Waals surface area (Å²) in [5.41, 5.74) is 3.91. The van der Waals surface area contributed by atoms with Crippen LogP contribution in [0.15, 0.2) is 54.9 Å². The SMILES string of the molecule is COc1nc(-c2ccnc(-c3cccc(Nc4nccc(CNC5CCN(C(C)=O)CC5)c4F)c3Cl)c2Cl)ccc1CNCCN1CCOC1=O. The molecule has 2 saturated heterocycles. The quantitative estimate of drug-likeness (QED) is 0.139. The number of nitrogens with zero attached hydrogens (tertiary/aromatic N) is 5. The Morgan fingerprint density at radius 1 is 1.00 bits per heavy atom. The summed E-state index contributed by atoms with van der Waals surface area (Å²) < 4.78 is 26.2. The maximum absolute atomic E-state index is 15.7. The van der Waals surface area contributed by atoms with Crippen LogP contribution in [0.4, 0.5) is 20.7 Å². The zero-order valence-corrected chi connectivity index (χ0v) is 29.9. The number of aromatic nitrogens is 3. The number of pyridine rings is 3. The van der Waals surface area contributed by atoms with Crippen molar-refractivity contribution in [3.63, 3.8) is 0 Å². The minimum atomic E-state index is -0.485. The van der Waals surface area contributed by atoms with Crippen LogP contribution < -0.4 is 20.7 Å². The van der Waals surface area contributed by atoms with E-state index in [9.17, 15) is 9.59 Å². The average molecular weight is 738 g/mol.